The number of aromatic nitrogens is 1. The highest BCUT2D eigenvalue weighted by molar-refractivity contribution is 5.32. The highest BCUT2D eigenvalue weighted by Crippen LogP contribution is 2.03. The van der Waals surface area contributed by atoms with Crippen LogP contribution in [0, 0.1) is 25.2 Å². The van der Waals surface area contributed by atoms with Gasteiger partial charge in [-0.15, -0.1) is 0 Å². The summed E-state index contributed by atoms with van der Waals surface area (Å²) < 4.78 is 0. The molecule has 1 aromatic heterocycles. The third-order valence-corrected chi connectivity index (χ3v) is 1.35. The van der Waals surface area contributed by atoms with Crippen LogP contribution in [0.3, 0.4) is 0 Å². The van der Waals surface area contributed by atoms with E-state index in [4.69, 9.17) is 5.26 Å². The quantitative estimate of drug-likeness (QED) is 0.588. The van der Waals surface area contributed by atoms with Gasteiger partial charge in [0, 0.05) is 5.69 Å². The zero-order chi connectivity index (χ0) is 9.56. The molecule has 0 aromatic carbocycles. The van der Waals surface area contributed by atoms with Gasteiger partial charge in [-0.05, 0) is 26.0 Å². The zero-order valence-electron chi connectivity index (χ0n) is 8.05. The number of nitrogens with zero attached hydrogens (tertiary/aromatic N) is 2. The van der Waals surface area contributed by atoms with Gasteiger partial charge in [0.2, 0.25) is 0 Å². The summed E-state index contributed by atoms with van der Waals surface area (Å²) in [5.74, 6) is 0. The van der Waals surface area contributed by atoms with Gasteiger partial charge < -0.3 is 0 Å². The van der Waals surface area contributed by atoms with Gasteiger partial charge in [-0.1, -0.05) is 13.8 Å². The lowest BCUT2D eigenvalue weighted by Crippen LogP contribution is -1.88. The van der Waals surface area contributed by atoms with E-state index in [1.807, 2.05) is 33.8 Å². The summed E-state index contributed by atoms with van der Waals surface area (Å²) in [7, 11) is 0. The SMILES string of the molecule is CC.Cc1ccc(C#N)c(C)n1. The molecule has 0 amide bonds. The first-order valence-corrected chi connectivity index (χ1v) is 4.08. The second kappa shape index (κ2) is 5.31. The molecule has 1 heterocycles. The molecule has 0 saturated carbocycles. The second-order valence-corrected chi connectivity index (χ2v) is 2.20. The maximum atomic E-state index is 8.52. The molecule has 0 radical (unpaired) electrons. The number of rotatable bonds is 0. The maximum Gasteiger partial charge on any atom is 0.101 e. The van der Waals surface area contributed by atoms with Gasteiger partial charge in [-0.3, -0.25) is 4.98 Å². The molecule has 0 aliphatic heterocycles. The minimum Gasteiger partial charge on any atom is -0.257 e. The fourth-order valence-corrected chi connectivity index (χ4v) is 0.805. The van der Waals surface area contributed by atoms with E-state index in [9.17, 15) is 0 Å². The van der Waals surface area contributed by atoms with E-state index >= 15 is 0 Å². The Morgan fingerprint density at radius 1 is 1.25 bits per heavy atom. The third-order valence-electron chi connectivity index (χ3n) is 1.35. The molecule has 0 fully saturated rings. The molecule has 0 aliphatic carbocycles. The Labute approximate surface area is 73.9 Å². The predicted molar refractivity (Wildman–Crippen MR) is 49.8 cm³/mol. The third kappa shape index (κ3) is 2.71. The average Bonchev–Trinajstić information content (AvgIpc) is 2.08. The molecular weight excluding hydrogens is 148 g/mol. The fourth-order valence-electron chi connectivity index (χ4n) is 0.805. The number of hydrogen-bond donors (Lipinski definition) is 0. The highest BCUT2D eigenvalue weighted by Gasteiger charge is 1.95. The number of pyridine rings is 1. The average molecular weight is 162 g/mol. The normalized spacial score (nSPS) is 7.92. The van der Waals surface area contributed by atoms with Gasteiger partial charge in [0.05, 0.1) is 11.3 Å². The Hall–Kier alpha value is -1.36. The summed E-state index contributed by atoms with van der Waals surface area (Å²) >= 11 is 0. The van der Waals surface area contributed by atoms with E-state index in [0.29, 0.717) is 5.56 Å². The highest BCUT2D eigenvalue weighted by atomic mass is 14.7. The molecule has 0 aliphatic rings. The van der Waals surface area contributed by atoms with Crippen molar-refractivity contribution in [3.8, 4) is 6.07 Å². The van der Waals surface area contributed by atoms with Crippen LogP contribution in [0.2, 0.25) is 0 Å². The Morgan fingerprint density at radius 2 is 1.83 bits per heavy atom. The van der Waals surface area contributed by atoms with E-state index in [1.165, 1.54) is 0 Å². The lowest BCUT2D eigenvalue weighted by molar-refractivity contribution is 1.11. The van der Waals surface area contributed by atoms with Crippen molar-refractivity contribution in [3.05, 3.63) is 29.1 Å². The first-order chi connectivity index (χ1) is 5.74. The van der Waals surface area contributed by atoms with Crippen molar-refractivity contribution in [1.29, 1.82) is 5.26 Å². The van der Waals surface area contributed by atoms with Crippen LogP contribution in [0.4, 0.5) is 0 Å². The summed E-state index contributed by atoms with van der Waals surface area (Å²) in [6, 6.07) is 5.69. The minimum absolute atomic E-state index is 0.658. The van der Waals surface area contributed by atoms with Crippen LogP contribution in [0.5, 0.6) is 0 Å². The lowest BCUT2D eigenvalue weighted by atomic mass is 10.2. The van der Waals surface area contributed by atoms with Gasteiger partial charge >= 0.3 is 0 Å². The van der Waals surface area contributed by atoms with E-state index in [2.05, 4.69) is 11.1 Å². The molecule has 0 N–H and O–H groups in total. The zero-order valence-corrected chi connectivity index (χ0v) is 8.05. The fraction of sp³-hybridized carbons (Fsp3) is 0.400. The molecule has 0 bridgehead atoms. The van der Waals surface area contributed by atoms with Gasteiger partial charge in [-0.25, -0.2) is 0 Å². The first kappa shape index (κ1) is 10.6. The van der Waals surface area contributed by atoms with Crippen LogP contribution in [0.1, 0.15) is 30.8 Å². The predicted octanol–water partition coefficient (Wildman–Crippen LogP) is 2.60. The van der Waals surface area contributed by atoms with E-state index < -0.39 is 0 Å². The Bertz CT molecular complexity index is 284. The van der Waals surface area contributed by atoms with E-state index in [1.54, 1.807) is 6.07 Å². The Balaban J connectivity index is 0.000000561. The van der Waals surface area contributed by atoms with E-state index in [0.717, 1.165) is 11.4 Å². The summed E-state index contributed by atoms with van der Waals surface area (Å²) in [5.41, 5.74) is 2.42. The molecule has 0 saturated heterocycles. The molecule has 12 heavy (non-hydrogen) atoms. The number of hydrogen-bond acceptors (Lipinski definition) is 2. The van der Waals surface area contributed by atoms with Crippen molar-refractivity contribution < 1.29 is 0 Å². The first-order valence-electron chi connectivity index (χ1n) is 4.08. The van der Waals surface area contributed by atoms with Gasteiger partial charge in [0.1, 0.15) is 6.07 Å². The van der Waals surface area contributed by atoms with Crippen LogP contribution in [0.15, 0.2) is 12.1 Å². The van der Waals surface area contributed by atoms with Gasteiger partial charge in [0.25, 0.3) is 0 Å². The molecule has 0 spiro atoms. The summed E-state index contributed by atoms with van der Waals surface area (Å²) in [6.07, 6.45) is 0. The molecule has 2 nitrogen and oxygen atoms in total. The van der Waals surface area contributed by atoms with Crippen molar-refractivity contribution in [3.63, 3.8) is 0 Å². The van der Waals surface area contributed by atoms with Crippen molar-refractivity contribution >= 4 is 0 Å². The molecule has 2 heteroatoms. The minimum atomic E-state index is 0.658. The van der Waals surface area contributed by atoms with Crippen LogP contribution < -0.4 is 0 Å². The van der Waals surface area contributed by atoms with Crippen LogP contribution in [-0.2, 0) is 0 Å². The van der Waals surface area contributed by atoms with Crippen molar-refractivity contribution in [1.82, 2.24) is 4.98 Å². The van der Waals surface area contributed by atoms with Gasteiger partial charge in [-0.2, -0.15) is 5.26 Å². The van der Waals surface area contributed by atoms with Gasteiger partial charge in [0.15, 0.2) is 0 Å². The summed E-state index contributed by atoms with van der Waals surface area (Å²) in [5, 5.41) is 8.52. The monoisotopic (exact) mass is 162 g/mol. The van der Waals surface area contributed by atoms with Crippen LogP contribution in [-0.4, -0.2) is 4.98 Å². The standard InChI is InChI=1S/C8H8N2.C2H6/c1-6-3-4-8(5-9)7(2)10-6;1-2/h3-4H,1-2H3;1-2H3. The van der Waals surface area contributed by atoms with Crippen molar-refractivity contribution in [2.24, 2.45) is 0 Å². The van der Waals surface area contributed by atoms with Crippen molar-refractivity contribution in [2.45, 2.75) is 27.7 Å². The summed E-state index contributed by atoms with van der Waals surface area (Å²) in [4.78, 5) is 4.12. The number of nitriles is 1. The molecule has 0 unspecified atom stereocenters. The molecule has 1 rings (SSSR count). The lowest BCUT2D eigenvalue weighted by Gasteiger charge is -1.95. The van der Waals surface area contributed by atoms with Crippen molar-refractivity contribution in [2.75, 3.05) is 0 Å². The molecule has 1 aromatic rings. The molecular formula is C10H14N2. The smallest absolute Gasteiger partial charge is 0.101 e. The molecule has 64 valence electrons. The Kier molecular flexibility index (Phi) is 4.71. The van der Waals surface area contributed by atoms with Crippen LogP contribution >= 0.6 is 0 Å². The Morgan fingerprint density at radius 3 is 2.25 bits per heavy atom. The maximum absolute atomic E-state index is 8.52. The topological polar surface area (TPSA) is 36.7 Å². The second-order valence-electron chi connectivity index (χ2n) is 2.20. The van der Waals surface area contributed by atoms with Crippen LogP contribution in [0.25, 0.3) is 0 Å². The summed E-state index contributed by atoms with van der Waals surface area (Å²) in [6.45, 7) is 7.75. The number of aryl methyl sites for hydroxylation is 2. The molecule has 0 atom stereocenters. The van der Waals surface area contributed by atoms with E-state index in [-0.39, 0.29) is 0 Å². The largest absolute Gasteiger partial charge is 0.257 e.